The minimum absolute atomic E-state index is 0.0881. The Morgan fingerprint density at radius 2 is 2.10 bits per heavy atom. The highest BCUT2D eigenvalue weighted by Gasteiger charge is 2.35. The number of pyridine rings is 1. The molecule has 0 saturated heterocycles. The third kappa shape index (κ3) is 3.11. The standard InChI is InChI=1S/C12H16ClN3O3S/c13-12-10(6-3-7-15-12)20(18,19)16(8-11(14)17)9-4-1-2-5-9/h3,6-7,9H,1-2,4-5,8H2,(H2,14,17). The molecule has 20 heavy (non-hydrogen) atoms. The van der Waals surface area contributed by atoms with E-state index in [1.165, 1.54) is 18.3 Å². The summed E-state index contributed by atoms with van der Waals surface area (Å²) in [4.78, 5) is 14.9. The number of sulfonamides is 1. The number of nitrogens with zero attached hydrogens (tertiary/aromatic N) is 2. The topological polar surface area (TPSA) is 93.4 Å². The van der Waals surface area contributed by atoms with Crippen molar-refractivity contribution in [2.45, 2.75) is 36.6 Å². The molecule has 1 aromatic rings. The van der Waals surface area contributed by atoms with Crippen LogP contribution in [0.2, 0.25) is 5.15 Å². The van der Waals surface area contributed by atoms with Gasteiger partial charge in [-0.05, 0) is 25.0 Å². The number of nitrogens with two attached hydrogens (primary N) is 1. The van der Waals surface area contributed by atoms with Crippen molar-refractivity contribution in [3.63, 3.8) is 0 Å². The van der Waals surface area contributed by atoms with Crippen molar-refractivity contribution in [2.75, 3.05) is 6.54 Å². The van der Waals surface area contributed by atoms with Gasteiger partial charge in [0.1, 0.15) is 10.0 Å². The molecule has 1 aliphatic rings. The maximum Gasteiger partial charge on any atom is 0.246 e. The molecule has 2 rings (SSSR count). The number of hydrogen-bond acceptors (Lipinski definition) is 4. The molecular weight excluding hydrogens is 302 g/mol. The molecule has 1 aliphatic carbocycles. The van der Waals surface area contributed by atoms with E-state index in [9.17, 15) is 13.2 Å². The quantitative estimate of drug-likeness (QED) is 0.824. The number of carbonyl (C=O) groups excluding carboxylic acids is 1. The van der Waals surface area contributed by atoms with E-state index >= 15 is 0 Å². The Hall–Kier alpha value is -1.18. The minimum Gasteiger partial charge on any atom is -0.369 e. The highest BCUT2D eigenvalue weighted by atomic mass is 35.5. The Kier molecular flexibility index (Phi) is 4.62. The zero-order chi connectivity index (χ0) is 14.8. The fourth-order valence-electron chi connectivity index (χ4n) is 2.45. The fourth-order valence-corrected chi connectivity index (χ4v) is 4.53. The fraction of sp³-hybridized carbons (Fsp3) is 0.500. The van der Waals surface area contributed by atoms with Gasteiger partial charge >= 0.3 is 0 Å². The molecule has 0 spiro atoms. The van der Waals surface area contributed by atoms with Gasteiger partial charge in [0.25, 0.3) is 0 Å². The SMILES string of the molecule is NC(=O)CN(C1CCCC1)S(=O)(=O)c1cccnc1Cl. The molecule has 1 heterocycles. The van der Waals surface area contributed by atoms with Crippen LogP contribution in [0, 0.1) is 0 Å². The molecular formula is C12H16ClN3O3S. The van der Waals surface area contributed by atoms with Crippen LogP contribution in [0.3, 0.4) is 0 Å². The highest BCUT2D eigenvalue weighted by molar-refractivity contribution is 7.89. The second-order valence-electron chi connectivity index (χ2n) is 4.75. The van der Waals surface area contributed by atoms with E-state index in [0.717, 1.165) is 30.0 Å². The van der Waals surface area contributed by atoms with Gasteiger partial charge in [-0.1, -0.05) is 24.4 Å². The van der Waals surface area contributed by atoms with Gasteiger partial charge in [-0.25, -0.2) is 13.4 Å². The summed E-state index contributed by atoms with van der Waals surface area (Å²) in [5.41, 5.74) is 5.18. The summed E-state index contributed by atoms with van der Waals surface area (Å²) in [5.74, 6) is -0.680. The predicted octanol–water partition coefficient (Wildman–Crippen LogP) is 1.15. The average Bonchev–Trinajstić information content (AvgIpc) is 2.89. The van der Waals surface area contributed by atoms with Gasteiger partial charge in [0.15, 0.2) is 0 Å². The molecule has 6 nitrogen and oxygen atoms in total. The Morgan fingerprint density at radius 1 is 1.45 bits per heavy atom. The van der Waals surface area contributed by atoms with E-state index in [2.05, 4.69) is 4.98 Å². The van der Waals surface area contributed by atoms with E-state index < -0.39 is 15.9 Å². The summed E-state index contributed by atoms with van der Waals surface area (Å²) >= 11 is 5.86. The molecule has 110 valence electrons. The summed E-state index contributed by atoms with van der Waals surface area (Å²) < 4.78 is 26.5. The lowest BCUT2D eigenvalue weighted by atomic mass is 10.2. The van der Waals surface area contributed by atoms with E-state index in [1.807, 2.05) is 0 Å². The normalized spacial score (nSPS) is 16.7. The third-order valence-corrected chi connectivity index (χ3v) is 5.70. The van der Waals surface area contributed by atoms with E-state index in [-0.39, 0.29) is 22.6 Å². The highest BCUT2D eigenvalue weighted by Crippen LogP contribution is 2.30. The van der Waals surface area contributed by atoms with Gasteiger partial charge < -0.3 is 5.73 Å². The molecule has 1 aromatic heterocycles. The minimum atomic E-state index is -3.87. The molecule has 1 saturated carbocycles. The van der Waals surface area contributed by atoms with Crippen LogP contribution >= 0.6 is 11.6 Å². The van der Waals surface area contributed by atoms with Gasteiger partial charge in [0, 0.05) is 12.2 Å². The number of halogens is 1. The van der Waals surface area contributed by atoms with Gasteiger partial charge in [-0.15, -0.1) is 0 Å². The molecule has 0 bridgehead atoms. The second-order valence-corrected chi connectivity index (χ2v) is 6.96. The first-order chi connectivity index (χ1) is 9.43. The summed E-state index contributed by atoms with van der Waals surface area (Å²) in [6.07, 6.45) is 4.75. The largest absolute Gasteiger partial charge is 0.369 e. The zero-order valence-corrected chi connectivity index (χ0v) is 12.4. The van der Waals surface area contributed by atoms with Crippen LogP contribution in [0.1, 0.15) is 25.7 Å². The second kappa shape index (κ2) is 6.07. The summed E-state index contributed by atoms with van der Waals surface area (Å²) in [7, 11) is -3.87. The first kappa shape index (κ1) is 15.2. The van der Waals surface area contributed by atoms with Crippen LogP contribution in [0.25, 0.3) is 0 Å². The predicted molar refractivity (Wildman–Crippen MR) is 74.6 cm³/mol. The third-order valence-electron chi connectivity index (χ3n) is 3.36. The van der Waals surface area contributed by atoms with Gasteiger partial charge in [-0.3, -0.25) is 4.79 Å². The van der Waals surface area contributed by atoms with Gasteiger partial charge in [-0.2, -0.15) is 4.31 Å². The Labute approximate surface area is 123 Å². The van der Waals surface area contributed by atoms with Crippen molar-refractivity contribution in [1.29, 1.82) is 0 Å². The van der Waals surface area contributed by atoms with Crippen molar-refractivity contribution in [1.82, 2.24) is 9.29 Å². The van der Waals surface area contributed by atoms with Gasteiger partial charge in [0.2, 0.25) is 15.9 Å². The Morgan fingerprint density at radius 3 is 2.65 bits per heavy atom. The number of rotatable bonds is 5. The van der Waals surface area contributed by atoms with Crippen LogP contribution in [-0.4, -0.2) is 36.2 Å². The first-order valence-corrected chi connectivity index (χ1v) is 8.15. The van der Waals surface area contributed by atoms with Gasteiger partial charge in [0.05, 0.1) is 6.54 Å². The molecule has 1 amide bonds. The van der Waals surface area contributed by atoms with Crippen molar-refractivity contribution in [3.05, 3.63) is 23.5 Å². The van der Waals surface area contributed by atoms with E-state index in [0.29, 0.717) is 0 Å². The number of carbonyl (C=O) groups is 1. The molecule has 0 aliphatic heterocycles. The smallest absolute Gasteiger partial charge is 0.246 e. The first-order valence-electron chi connectivity index (χ1n) is 6.33. The summed E-state index contributed by atoms with van der Waals surface area (Å²) in [6.45, 7) is -0.335. The lowest BCUT2D eigenvalue weighted by molar-refractivity contribution is -0.118. The Balaban J connectivity index is 2.41. The lowest BCUT2D eigenvalue weighted by Gasteiger charge is -2.26. The van der Waals surface area contributed by atoms with Crippen LogP contribution in [0.15, 0.2) is 23.2 Å². The monoisotopic (exact) mass is 317 g/mol. The number of amides is 1. The van der Waals surface area contributed by atoms with Crippen LogP contribution in [0.5, 0.6) is 0 Å². The summed E-state index contributed by atoms with van der Waals surface area (Å²) in [5, 5.41) is -0.0973. The molecule has 0 unspecified atom stereocenters. The average molecular weight is 318 g/mol. The summed E-state index contributed by atoms with van der Waals surface area (Å²) in [6, 6.07) is 2.67. The Bertz CT molecular complexity index is 600. The number of primary amides is 1. The number of aromatic nitrogens is 1. The molecule has 1 fully saturated rings. The molecule has 0 aromatic carbocycles. The van der Waals surface area contributed by atoms with Crippen molar-refractivity contribution in [3.8, 4) is 0 Å². The van der Waals surface area contributed by atoms with E-state index in [1.54, 1.807) is 0 Å². The van der Waals surface area contributed by atoms with Crippen molar-refractivity contribution in [2.24, 2.45) is 5.73 Å². The molecule has 8 heteroatoms. The maximum absolute atomic E-state index is 12.7. The van der Waals surface area contributed by atoms with Crippen LogP contribution in [-0.2, 0) is 14.8 Å². The maximum atomic E-state index is 12.7. The van der Waals surface area contributed by atoms with Crippen LogP contribution in [0.4, 0.5) is 0 Å². The molecule has 0 radical (unpaired) electrons. The molecule has 2 N–H and O–H groups in total. The van der Waals surface area contributed by atoms with E-state index in [4.69, 9.17) is 17.3 Å². The zero-order valence-electron chi connectivity index (χ0n) is 10.8. The number of hydrogen-bond donors (Lipinski definition) is 1. The molecule has 0 atom stereocenters. The van der Waals surface area contributed by atoms with Crippen LogP contribution < -0.4 is 5.73 Å². The van der Waals surface area contributed by atoms with Crippen molar-refractivity contribution >= 4 is 27.5 Å². The van der Waals surface area contributed by atoms with Crippen molar-refractivity contribution < 1.29 is 13.2 Å². The lowest BCUT2D eigenvalue weighted by Crippen LogP contribution is -2.44.